The van der Waals surface area contributed by atoms with Gasteiger partial charge in [-0.1, -0.05) is 48.9 Å². The van der Waals surface area contributed by atoms with E-state index in [1.807, 2.05) is 24.3 Å². The van der Waals surface area contributed by atoms with Crippen LogP contribution in [0.15, 0.2) is 42.0 Å². The Kier molecular flexibility index (Phi) is 5.05. The van der Waals surface area contributed by atoms with E-state index in [0.29, 0.717) is 0 Å². The third-order valence-corrected chi connectivity index (χ3v) is 2.36. The molecule has 2 heteroatoms. The molecule has 0 saturated carbocycles. The SMILES string of the molecule is CC/C(=C/C(N)CF)Cc1ccccc1. The molecule has 0 bridgehead atoms. The standard InChI is InChI=1S/C13H18FN/c1-2-11(9-13(15)10-14)8-12-6-4-3-5-7-12/h3-7,9,13H,2,8,10,15H2,1H3/b11-9-. The van der Waals surface area contributed by atoms with E-state index in [-0.39, 0.29) is 0 Å². The number of benzene rings is 1. The largest absolute Gasteiger partial charge is 0.322 e. The molecular formula is C13H18FN. The zero-order valence-corrected chi connectivity index (χ0v) is 9.12. The summed E-state index contributed by atoms with van der Waals surface area (Å²) in [4.78, 5) is 0. The van der Waals surface area contributed by atoms with Crippen molar-refractivity contribution in [1.29, 1.82) is 0 Å². The topological polar surface area (TPSA) is 26.0 Å². The monoisotopic (exact) mass is 207 g/mol. The maximum atomic E-state index is 12.3. The van der Waals surface area contributed by atoms with Gasteiger partial charge >= 0.3 is 0 Å². The van der Waals surface area contributed by atoms with Crippen LogP contribution in [-0.2, 0) is 6.42 Å². The van der Waals surface area contributed by atoms with Gasteiger partial charge in [0.15, 0.2) is 0 Å². The normalized spacial score (nSPS) is 13.9. The molecule has 0 aliphatic heterocycles. The number of hydrogen-bond donors (Lipinski definition) is 1. The summed E-state index contributed by atoms with van der Waals surface area (Å²) in [6.07, 6.45) is 3.63. The van der Waals surface area contributed by atoms with E-state index in [0.717, 1.165) is 12.8 Å². The van der Waals surface area contributed by atoms with Gasteiger partial charge in [-0.25, -0.2) is 4.39 Å². The van der Waals surface area contributed by atoms with Crippen molar-refractivity contribution >= 4 is 0 Å². The minimum atomic E-state index is -0.488. The van der Waals surface area contributed by atoms with Gasteiger partial charge in [-0.2, -0.15) is 0 Å². The van der Waals surface area contributed by atoms with Crippen molar-refractivity contribution in [2.45, 2.75) is 25.8 Å². The molecular weight excluding hydrogens is 189 g/mol. The van der Waals surface area contributed by atoms with Crippen molar-refractivity contribution < 1.29 is 4.39 Å². The Morgan fingerprint density at radius 1 is 1.40 bits per heavy atom. The number of nitrogens with two attached hydrogens (primary N) is 1. The minimum Gasteiger partial charge on any atom is -0.322 e. The lowest BCUT2D eigenvalue weighted by Gasteiger charge is -2.07. The molecule has 15 heavy (non-hydrogen) atoms. The molecule has 0 saturated heterocycles. The van der Waals surface area contributed by atoms with E-state index in [1.165, 1.54) is 11.1 Å². The first-order chi connectivity index (χ1) is 7.26. The van der Waals surface area contributed by atoms with E-state index >= 15 is 0 Å². The highest BCUT2D eigenvalue weighted by atomic mass is 19.1. The molecule has 0 fully saturated rings. The molecule has 1 aromatic rings. The van der Waals surface area contributed by atoms with Crippen LogP contribution >= 0.6 is 0 Å². The van der Waals surface area contributed by atoms with Gasteiger partial charge in [-0.05, 0) is 18.4 Å². The Hall–Kier alpha value is -1.15. The highest BCUT2D eigenvalue weighted by molar-refractivity contribution is 5.22. The van der Waals surface area contributed by atoms with Crippen molar-refractivity contribution in [3.05, 3.63) is 47.5 Å². The second-order valence-corrected chi connectivity index (χ2v) is 3.66. The van der Waals surface area contributed by atoms with Gasteiger partial charge < -0.3 is 5.73 Å². The lowest BCUT2D eigenvalue weighted by Crippen LogP contribution is -2.19. The van der Waals surface area contributed by atoms with Gasteiger partial charge in [0, 0.05) is 0 Å². The molecule has 0 heterocycles. The average Bonchev–Trinajstić information content (AvgIpc) is 2.29. The second-order valence-electron chi connectivity index (χ2n) is 3.66. The summed E-state index contributed by atoms with van der Waals surface area (Å²) in [7, 11) is 0. The molecule has 1 nitrogen and oxygen atoms in total. The summed E-state index contributed by atoms with van der Waals surface area (Å²) in [5, 5.41) is 0. The fraction of sp³-hybridized carbons (Fsp3) is 0.385. The number of rotatable bonds is 5. The summed E-state index contributed by atoms with van der Waals surface area (Å²) >= 11 is 0. The Morgan fingerprint density at radius 3 is 2.60 bits per heavy atom. The first-order valence-electron chi connectivity index (χ1n) is 5.31. The van der Waals surface area contributed by atoms with Crippen molar-refractivity contribution in [3.8, 4) is 0 Å². The molecule has 1 aromatic carbocycles. The Labute approximate surface area is 90.8 Å². The van der Waals surface area contributed by atoms with Gasteiger partial charge in [0.1, 0.15) is 6.67 Å². The van der Waals surface area contributed by atoms with Crippen LogP contribution in [0.1, 0.15) is 18.9 Å². The molecule has 1 atom stereocenters. The summed E-state index contributed by atoms with van der Waals surface area (Å²) in [5.74, 6) is 0. The highest BCUT2D eigenvalue weighted by Gasteiger charge is 2.01. The smallest absolute Gasteiger partial charge is 0.108 e. The molecule has 0 spiro atoms. The van der Waals surface area contributed by atoms with Crippen LogP contribution in [0.2, 0.25) is 0 Å². The zero-order chi connectivity index (χ0) is 11.1. The van der Waals surface area contributed by atoms with Crippen LogP contribution in [0, 0.1) is 0 Å². The number of halogens is 1. The predicted octanol–water partition coefficient (Wildman–Crippen LogP) is 2.86. The summed E-state index contributed by atoms with van der Waals surface area (Å²) in [6, 6.07) is 9.71. The summed E-state index contributed by atoms with van der Waals surface area (Å²) in [5.41, 5.74) is 8.00. The average molecular weight is 207 g/mol. The van der Waals surface area contributed by atoms with Crippen LogP contribution in [0.5, 0.6) is 0 Å². The molecule has 0 aromatic heterocycles. The van der Waals surface area contributed by atoms with Gasteiger partial charge in [0.25, 0.3) is 0 Å². The van der Waals surface area contributed by atoms with Crippen LogP contribution in [0.25, 0.3) is 0 Å². The van der Waals surface area contributed by atoms with Gasteiger partial charge in [0.2, 0.25) is 0 Å². The molecule has 82 valence electrons. The fourth-order valence-electron chi connectivity index (χ4n) is 1.51. The second kappa shape index (κ2) is 6.36. The van der Waals surface area contributed by atoms with E-state index < -0.39 is 12.7 Å². The summed E-state index contributed by atoms with van der Waals surface area (Å²) in [6.45, 7) is 1.58. The molecule has 0 amide bonds. The van der Waals surface area contributed by atoms with Crippen molar-refractivity contribution in [1.82, 2.24) is 0 Å². The number of alkyl halides is 1. The first-order valence-corrected chi connectivity index (χ1v) is 5.31. The minimum absolute atomic E-state index is 0.455. The molecule has 0 aliphatic rings. The van der Waals surface area contributed by atoms with Crippen molar-refractivity contribution in [3.63, 3.8) is 0 Å². The van der Waals surface area contributed by atoms with Crippen molar-refractivity contribution in [2.75, 3.05) is 6.67 Å². The Morgan fingerprint density at radius 2 is 2.07 bits per heavy atom. The van der Waals surface area contributed by atoms with Crippen LogP contribution < -0.4 is 5.73 Å². The Bertz CT molecular complexity index is 306. The van der Waals surface area contributed by atoms with Crippen LogP contribution in [-0.4, -0.2) is 12.7 Å². The Balaban J connectivity index is 2.66. The maximum absolute atomic E-state index is 12.3. The quantitative estimate of drug-likeness (QED) is 0.738. The number of hydrogen-bond acceptors (Lipinski definition) is 1. The van der Waals surface area contributed by atoms with E-state index in [1.54, 1.807) is 0 Å². The zero-order valence-electron chi connectivity index (χ0n) is 9.12. The van der Waals surface area contributed by atoms with Crippen LogP contribution in [0.3, 0.4) is 0 Å². The maximum Gasteiger partial charge on any atom is 0.108 e. The van der Waals surface area contributed by atoms with E-state index in [4.69, 9.17) is 5.73 Å². The molecule has 0 aliphatic carbocycles. The van der Waals surface area contributed by atoms with Gasteiger partial charge in [0.05, 0.1) is 6.04 Å². The lowest BCUT2D eigenvalue weighted by atomic mass is 10.0. The van der Waals surface area contributed by atoms with Gasteiger partial charge in [-0.3, -0.25) is 0 Å². The lowest BCUT2D eigenvalue weighted by molar-refractivity contribution is 0.463. The van der Waals surface area contributed by atoms with Crippen LogP contribution in [0.4, 0.5) is 4.39 Å². The first kappa shape index (κ1) is 11.9. The molecule has 1 rings (SSSR count). The fourth-order valence-corrected chi connectivity index (χ4v) is 1.51. The molecule has 1 unspecified atom stereocenters. The van der Waals surface area contributed by atoms with Gasteiger partial charge in [-0.15, -0.1) is 0 Å². The molecule has 2 N–H and O–H groups in total. The predicted molar refractivity (Wildman–Crippen MR) is 62.5 cm³/mol. The molecule has 0 radical (unpaired) electrons. The number of allylic oxidation sites excluding steroid dienone is 1. The third-order valence-electron chi connectivity index (χ3n) is 2.36. The summed E-state index contributed by atoms with van der Waals surface area (Å²) < 4.78 is 12.3. The van der Waals surface area contributed by atoms with E-state index in [9.17, 15) is 4.39 Å². The van der Waals surface area contributed by atoms with Crippen molar-refractivity contribution in [2.24, 2.45) is 5.73 Å². The van der Waals surface area contributed by atoms with E-state index in [2.05, 4.69) is 19.1 Å². The third kappa shape index (κ3) is 4.26. The highest BCUT2D eigenvalue weighted by Crippen LogP contribution is 2.11.